The molecule has 1 atom stereocenters. The number of carboxylic acid groups (broad SMARTS) is 1. The molecule has 0 saturated carbocycles. The van der Waals surface area contributed by atoms with Crippen LogP contribution in [0.3, 0.4) is 0 Å². The van der Waals surface area contributed by atoms with Crippen molar-refractivity contribution < 1.29 is 29.3 Å². The summed E-state index contributed by atoms with van der Waals surface area (Å²) in [5, 5.41) is 23.7. The Balaban J connectivity index is 1.56. The lowest BCUT2D eigenvalue weighted by atomic mass is 9.75. The number of fused-ring (bicyclic) bond motifs is 6. The zero-order chi connectivity index (χ0) is 25.9. The molecule has 184 valence electrons. The van der Waals surface area contributed by atoms with Crippen LogP contribution in [0.2, 0.25) is 0 Å². The lowest BCUT2D eigenvalue weighted by Crippen LogP contribution is -2.57. The first-order valence-corrected chi connectivity index (χ1v) is 11.8. The molecular weight excluding hydrogens is 472 g/mol. The fourth-order valence-electron chi connectivity index (χ4n) is 5.61. The summed E-state index contributed by atoms with van der Waals surface area (Å²) in [7, 11) is 1.17. The van der Waals surface area contributed by atoms with Gasteiger partial charge in [-0.1, -0.05) is 48.5 Å². The third-order valence-electron chi connectivity index (χ3n) is 7.32. The second-order valence-electron chi connectivity index (χ2n) is 9.13. The number of allylic oxidation sites excluding steroid dienone is 2. The Morgan fingerprint density at radius 2 is 1.73 bits per heavy atom. The van der Waals surface area contributed by atoms with Gasteiger partial charge in [-0.2, -0.15) is 0 Å². The summed E-state index contributed by atoms with van der Waals surface area (Å²) in [6.45, 7) is 0.246. The first kappa shape index (κ1) is 22.6. The molecule has 0 bridgehead atoms. The second kappa shape index (κ2) is 8.09. The van der Waals surface area contributed by atoms with E-state index in [2.05, 4.69) is 4.98 Å². The van der Waals surface area contributed by atoms with Crippen LogP contribution in [-0.4, -0.2) is 51.5 Å². The van der Waals surface area contributed by atoms with Crippen molar-refractivity contribution >= 4 is 39.4 Å². The van der Waals surface area contributed by atoms with E-state index < -0.39 is 23.3 Å². The number of aromatic hydroxyl groups is 1. The van der Waals surface area contributed by atoms with Crippen LogP contribution in [0.15, 0.2) is 84.1 Å². The predicted molar refractivity (Wildman–Crippen MR) is 136 cm³/mol. The molecule has 0 spiro atoms. The summed E-state index contributed by atoms with van der Waals surface area (Å²) < 4.78 is 5.02. The van der Waals surface area contributed by atoms with Gasteiger partial charge in [-0.3, -0.25) is 4.79 Å². The molecule has 0 saturated heterocycles. The van der Waals surface area contributed by atoms with Crippen LogP contribution in [-0.2, 0) is 26.3 Å². The average Bonchev–Trinajstić information content (AvgIpc) is 3.31. The molecule has 2 aliphatic rings. The van der Waals surface area contributed by atoms with Gasteiger partial charge >= 0.3 is 11.9 Å². The van der Waals surface area contributed by atoms with Gasteiger partial charge in [0.05, 0.1) is 23.9 Å². The van der Waals surface area contributed by atoms with Gasteiger partial charge in [0.15, 0.2) is 5.78 Å². The number of nitrogens with zero attached hydrogens (tertiary/aromatic N) is 1. The number of nitrogens with one attached hydrogen (secondary N) is 1. The molecule has 2 aliphatic heterocycles. The highest BCUT2D eigenvalue weighted by Crippen LogP contribution is 2.47. The van der Waals surface area contributed by atoms with Gasteiger partial charge in [-0.25, -0.2) is 9.59 Å². The molecule has 3 aromatic carbocycles. The van der Waals surface area contributed by atoms with E-state index in [1.807, 2.05) is 36.4 Å². The Morgan fingerprint density at radius 3 is 2.49 bits per heavy atom. The highest BCUT2D eigenvalue weighted by Gasteiger charge is 2.57. The topological polar surface area (TPSA) is 120 Å². The molecular formula is C29H22N2O6. The van der Waals surface area contributed by atoms with Crippen molar-refractivity contribution in [1.82, 2.24) is 9.88 Å². The van der Waals surface area contributed by atoms with Crippen LogP contribution in [0.1, 0.15) is 21.6 Å². The number of methoxy groups -OCH3 is 1. The largest absolute Gasteiger partial charge is 0.507 e. The molecule has 1 aromatic heterocycles. The van der Waals surface area contributed by atoms with Crippen molar-refractivity contribution in [2.75, 3.05) is 13.7 Å². The number of carbonyl (C=O) groups is 3. The molecule has 0 amide bonds. The third kappa shape index (κ3) is 3.05. The van der Waals surface area contributed by atoms with Gasteiger partial charge in [0, 0.05) is 34.6 Å². The number of carbonyl (C=O) groups excluding carboxylic acids is 2. The number of para-hydroxylation sites is 1. The number of carboxylic acids is 1. The standard InChI is InChI=1S/C29H22N2O6/c1-37-27(34)22-14-17(24(32)21-11-10-16-6-2-3-7-18(16)25(21)33)15-31-13-12-20-19-8-4-5-9-23(19)30-26(20)29(22,31)28(35)36/h2-11,14-15,30,33H,12-13H2,1H3,(H,35,36). The van der Waals surface area contributed by atoms with Crippen molar-refractivity contribution in [2.45, 2.75) is 12.0 Å². The monoisotopic (exact) mass is 494 g/mol. The maximum Gasteiger partial charge on any atom is 0.340 e. The predicted octanol–water partition coefficient (Wildman–Crippen LogP) is 4.04. The number of esters is 1. The molecule has 1 unspecified atom stereocenters. The maximum atomic E-state index is 13.6. The lowest BCUT2D eigenvalue weighted by molar-refractivity contribution is -0.153. The van der Waals surface area contributed by atoms with Crippen molar-refractivity contribution in [3.05, 3.63) is 101 Å². The highest BCUT2D eigenvalue weighted by atomic mass is 16.5. The smallest absolute Gasteiger partial charge is 0.340 e. The normalized spacial score (nSPS) is 18.6. The Morgan fingerprint density at radius 1 is 1.00 bits per heavy atom. The van der Waals surface area contributed by atoms with E-state index in [-0.39, 0.29) is 29.0 Å². The summed E-state index contributed by atoms with van der Waals surface area (Å²) in [6, 6.07) is 17.9. The zero-order valence-corrected chi connectivity index (χ0v) is 19.8. The number of rotatable bonds is 4. The van der Waals surface area contributed by atoms with E-state index in [0.29, 0.717) is 17.5 Å². The van der Waals surface area contributed by atoms with E-state index >= 15 is 0 Å². The number of benzene rings is 3. The number of H-pyrrole nitrogens is 1. The maximum absolute atomic E-state index is 13.6. The molecule has 0 radical (unpaired) electrons. The summed E-state index contributed by atoms with van der Waals surface area (Å²) >= 11 is 0. The van der Waals surface area contributed by atoms with E-state index in [1.165, 1.54) is 30.4 Å². The minimum Gasteiger partial charge on any atom is -0.507 e. The number of hydrogen-bond acceptors (Lipinski definition) is 6. The minimum atomic E-state index is -1.91. The van der Waals surface area contributed by atoms with Crippen molar-refractivity contribution in [3.63, 3.8) is 0 Å². The van der Waals surface area contributed by atoms with Crippen LogP contribution in [0, 0.1) is 0 Å². The molecule has 8 nitrogen and oxygen atoms in total. The number of phenols is 1. The van der Waals surface area contributed by atoms with Crippen LogP contribution in [0.25, 0.3) is 21.7 Å². The van der Waals surface area contributed by atoms with E-state index in [4.69, 9.17) is 4.74 Å². The number of aromatic amines is 1. The summed E-state index contributed by atoms with van der Waals surface area (Å²) in [4.78, 5) is 44.6. The SMILES string of the molecule is COC(=O)C1=CC(C(=O)c2ccc3ccccc3c2O)=CN2CCc3c([nH]c4ccccc34)C12C(=O)O. The Bertz CT molecular complexity index is 1710. The number of aromatic nitrogens is 1. The van der Waals surface area contributed by atoms with Gasteiger partial charge in [-0.05, 0) is 35.6 Å². The molecule has 6 rings (SSSR count). The summed E-state index contributed by atoms with van der Waals surface area (Å²) in [6.07, 6.45) is 3.24. The molecule has 4 aromatic rings. The fourth-order valence-corrected chi connectivity index (χ4v) is 5.61. The Hall–Kier alpha value is -4.85. The lowest BCUT2D eigenvalue weighted by Gasteiger charge is -2.46. The van der Waals surface area contributed by atoms with Crippen LogP contribution in [0.5, 0.6) is 5.75 Å². The van der Waals surface area contributed by atoms with Crippen molar-refractivity contribution in [3.8, 4) is 5.75 Å². The number of ketones is 1. The van der Waals surface area contributed by atoms with Crippen LogP contribution < -0.4 is 0 Å². The first-order valence-electron chi connectivity index (χ1n) is 11.8. The van der Waals surface area contributed by atoms with E-state index in [1.54, 1.807) is 18.2 Å². The zero-order valence-electron chi connectivity index (χ0n) is 19.8. The Labute approximate surface area is 211 Å². The average molecular weight is 495 g/mol. The molecule has 8 heteroatoms. The minimum absolute atomic E-state index is 0.0524. The molecule has 37 heavy (non-hydrogen) atoms. The Kier molecular flexibility index (Phi) is 4.94. The van der Waals surface area contributed by atoms with E-state index in [9.17, 15) is 24.6 Å². The third-order valence-corrected chi connectivity index (χ3v) is 7.32. The van der Waals surface area contributed by atoms with Gasteiger partial charge in [0.1, 0.15) is 5.75 Å². The van der Waals surface area contributed by atoms with Gasteiger partial charge < -0.3 is 24.8 Å². The van der Waals surface area contributed by atoms with Crippen LogP contribution >= 0.6 is 0 Å². The van der Waals surface area contributed by atoms with Crippen molar-refractivity contribution in [1.29, 1.82) is 0 Å². The van der Waals surface area contributed by atoms with Crippen molar-refractivity contribution in [2.24, 2.45) is 0 Å². The second-order valence-corrected chi connectivity index (χ2v) is 9.13. The molecule has 3 N–H and O–H groups in total. The summed E-state index contributed by atoms with van der Waals surface area (Å²) in [5.41, 5.74) is -0.0550. The molecule has 3 heterocycles. The van der Waals surface area contributed by atoms with Crippen LogP contribution in [0.4, 0.5) is 0 Å². The highest BCUT2D eigenvalue weighted by molar-refractivity contribution is 6.16. The number of aliphatic carboxylic acids is 1. The van der Waals surface area contributed by atoms with Gasteiger partial charge in [-0.15, -0.1) is 0 Å². The number of phenolic OH excluding ortho intramolecular Hbond substituents is 1. The number of ether oxygens (including phenoxy) is 1. The molecule has 0 aliphatic carbocycles. The number of hydrogen-bond donors (Lipinski definition) is 3. The fraction of sp³-hybridized carbons (Fsp3) is 0.138. The molecule has 0 fully saturated rings. The van der Waals surface area contributed by atoms with Gasteiger partial charge in [0.2, 0.25) is 5.54 Å². The summed E-state index contributed by atoms with van der Waals surface area (Å²) in [5.74, 6) is -2.84. The first-order chi connectivity index (χ1) is 17.9. The van der Waals surface area contributed by atoms with Gasteiger partial charge in [0.25, 0.3) is 0 Å². The van der Waals surface area contributed by atoms with E-state index in [0.717, 1.165) is 21.9 Å². The number of Topliss-reactive ketones (excluding diaryl/α,β-unsaturated/α-hetero) is 1. The quantitative estimate of drug-likeness (QED) is 0.289.